The molecule has 134 valence electrons. The quantitative estimate of drug-likeness (QED) is 0.801. The first-order chi connectivity index (χ1) is 11.3. The van der Waals surface area contributed by atoms with E-state index in [1.165, 1.54) is 14.2 Å². The highest BCUT2D eigenvalue weighted by molar-refractivity contribution is 7.92. The molecule has 1 N–H and O–H groups in total. The fourth-order valence-corrected chi connectivity index (χ4v) is 3.70. The average Bonchev–Trinajstić information content (AvgIpc) is 3.03. The summed E-state index contributed by atoms with van der Waals surface area (Å²) in [6, 6.07) is 4.89. The molecule has 8 heteroatoms. The van der Waals surface area contributed by atoms with Crippen molar-refractivity contribution in [1.29, 1.82) is 0 Å². The number of carbonyl (C=O) groups is 1. The lowest BCUT2D eigenvalue weighted by Gasteiger charge is -2.23. The van der Waals surface area contributed by atoms with E-state index in [0.717, 1.165) is 36.2 Å². The molecule has 1 aliphatic rings. The molecule has 1 aliphatic carbocycles. The molecule has 0 aliphatic heterocycles. The summed E-state index contributed by atoms with van der Waals surface area (Å²) in [6.45, 7) is -0.259. The van der Waals surface area contributed by atoms with Crippen LogP contribution in [0.1, 0.15) is 25.7 Å². The van der Waals surface area contributed by atoms with Gasteiger partial charge in [0.2, 0.25) is 15.9 Å². The Morgan fingerprint density at radius 3 is 2.38 bits per heavy atom. The van der Waals surface area contributed by atoms with E-state index in [1.54, 1.807) is 18.2 Å². The molecule has 0 atom stereocenters. The lowest BCUT2D eigenvalue weighted by molar-refractivity contribution is -0.120. The van der Waals surface area contributed by atoms with Crippen molar-refractivity contribution in [3.05, 3.63) is 18.2 Å². The highest BCUT2D eigenvalue weighted by Crippen LogP contribution is 2.32. The summed E-state index contributed by atoms with van der Waals surface area (Å²) in [5.74, 6) is 0.590. The van der Waals surface area contributed by atoms with Crippen LogP contribution in [0.15, 0.2) is 18.2 Å². The number of amides is 1. The smallest absolute Gasteiger partial charge is 0.240 e. The van der Waals surface area contributed by atoms with E-state index in [0.29, 0.717) is 17.2 Å². The van der Waals surface area contributed by atoms with Crippen LogP contribution in [0.5, 0.6) is 11.5 Å². The molecule has 2 rings (SSSR count). The second-order valence-corrected chi connectivity index (χ2v) is 7.76. The van der Waals surface area contributed by atoms with Crippen molar-refractivity contribution in [3.63, 3.8) is 0 Å². The molecular formula is C16H24N2O5S. The van der Waals surface area contributed by atoms with Gasteiger partial charge in [0.15, 0.2) is 11.5 Å². The van der Waals surface area contributed by atoms with E-state index < -0.39 is 10.0 Å². The summed E-state index contributed by atoms with van der Waals surface area (Å²) in [5.41, 5.74) is 0.358. The normalized spacial score (nSPS) is 15.1. The van der Waals surface area contributed by atoms with Crippen LogP contribution in [0.4, 0.5) is 5.69 Å². The maximum atomic E-state index is 12.2. The van der Waals surface area contributed by atoms with Crippen molar-refractivity contribution in [1.82, 2.24) is 5.32 Å². The molecule has 1 aromatic carbocycles. The van der Waals surface area contributed by atoms with Gasteiger partial charge in [-0.1, -0.05) is 12.8 Å². The fourth-order valence-electron chi connectivity index (χ4n) is 2.85. The van der Waals surface area contributed by atoms with Crippen LogP contribution in [-0.4, -0.2) is 47.4 Å². The van der Waals surface area contributed by atoms with Crippen molar-refractivity contribution in [2.24, 2.45) is 0 Å². The standard InChI is InChI=1S/C16H24N2O5S/c1-22-14-9-8-13(10-15(14)23-2)18(24(3,20)21)11-16(19)17-12-6-4-5-7-12/h8-10,12H,4-7,11H2,1-3H3,(H,17,19). The SMILES string of the molecule is COc1ccc(N(CC(=O)NC2CCCC2)S(C)(=O)=O)cc1OC. The molecule has 1 saturated carbocycles. The molecule has 0 saturated heterocycles. The fraction of sp³-hybridized carbons (Fsp3) is 0.562. The number of hydrogen-bond donors (Lipinski definition) is 1. The first kappa shape index (κ1) is 18.4. The van der Waals surface area contributed by atoms with Gasteiger partial charge in [-0.3, -0.25) is 9.10 Å². The van der Waals surface area contributed by atoms with Gasteiger partial charge in [-0.2, -0.15) is 0 Å². The summed E-state index contributed by atoms with van der Waals surface area (Å²) < 4.78 is 35.7. The van der Waals surface area contributed by atoms with Gasteiger partial charge in [-0.25, -0.2) is 8.42 Å². The number of ether oxygens (including phenoxy) is 2. The third-order valence-electron chi connectivity index (χ3n) is 4.06. The van der Waals surface area contributed by atoms with Gasteiger partial charge >= 0.3 is 0 Å². The number of carbonyl (C=O) groups excluding carboxylic acids is 1. The van der Waals surface area contributed by atoms with E-state index in [2.05, 4.69) is 5.32 Å². The number of sulfonamides is 1. The van der Waals surface area contributed by atoms with Crippen molar-refractivity contribution in [2.75, 3.05) is 31.3 Å². The van der Waals surface area contributed by atoms with E-state index >= 15 is 0 Å². The Hall–Kier alpha value is -1.96. The topological polar surface area (TPSA) is 84.9 Å². The van der Waals surface area contributed by atoms with E-state index in [4.69, 9.17) is 9.47 Å². The highest BCUT2D eigenvalue weighted by atomic mass is 32.2. The molecule has 0 unspecified atom stereocenters. The number of anilines is 1. The maximum Gasteiger partial charge on any atom is 0.240 e. The number of rotatable bonds is 7. The number of hydrogen-bond acceptors (Lipinski definition) is 5. The molecule has 0 aromatic heterocycles. The van der Waals surface area contributed by atoms with Gasteiger partial charge in [0.1, 0.15) is 6.54 Å². The molecule has 1 amide bonds. The first-order valence-electron chi connectivity index (χ1n) is 7.84. The van der Waals surface area contributed by atoms with Crippen molar-refractivity contribution in [3.8, 4) is 11.5 Å². The second kappa shape index (κ2) is 7.74. The zero-order valence-corrected chi connectivity index (χ0v) is 15.1. The van der Waals surface area contributed by atoms with E-state index in [1.807, 2.05) is 0 Å². The zero-order valence-electron chi connectivity index (χ0n) is 14.2. The van der Waals surface area contributed by atoms with Crippen LogP contribution < -0.4 is 19.1 Å². The predicted octanol–water partition coefficient (Wildman–Crippen LogP) is 1.53. The molecule has 0 spiro atoms. The Balaban J connectivity index is 2.21. The molecule has 0 bridgehead atoms. The Labute approximate surface area is 143 Å². The summed E-state index contributed by atoms with van der Waals surface area (Å²) in [5, 5.41) is 2.90. The molecule has 1 aromatic rings. The molecule has 0 radical (unpaired) electrons. The number of benzene rings is 1. The van der Waals surface area contributed by atoms with Gasteiger partial charge in [0.25, 0.3) is 0 Å². The van der Waals surface area contributed by atoms with Gasteiger partial charge in [0.05, 0.1) is 26.2 Å². The molecule has 7 nitrogen and oxygen atoms in total. The largest absolute Gasteiger partial charge is 0.493 e. The van der Waals surface area contributed by atoms with E-state index in [9.17, 15) is 13.2 Å². The van der Waals surface area contributed by atoms with Crippen LogP contribution in [0.25, 0.3) is 0 Å². The summed E-state index contributed by atoms with van der Waals surface area (Å²) >= 11 is 0. The predicted molar refractivity (Wildman–Crippen MR) is 92.1 cm³/mol. The van der Waals surface area contributed by atoms with Crippen LogP contribution in [0.2, 0.25) is 0 Å². The third-order valence-corrected chi connectivity index (χ3v) is 5.20. The minimum Gasteiger partial charge on any atom is -0.493 e. The maximum absolute atomic E-state index is 12.2. The van der Waals surface area contributed by atoms with Crippen LogP contribution in [0.3, 0.4) is 0 Å². The second-order valence-electron chi connectivity index (χ2n) is 5.86. The van der Waals surface area contributed by atoms with Crippen LogP contribution >= 0.6 is 0 Å². The Morgan fingerprint density at radius 1 is 1.21 bits per heavy atom. The van der Waals surface area contributed by atoms with Crippen LogP contribution in [0, 0.1) is 0 Å². The van der Waals surface area contributed by atoms with Gasteiger partial charge in [-0.15, -0.1) is 0 Å². The molecular weight excluding hydrogens is 332 g/mol. The lowest BCUT2D eigenvalue weighted by Crippen LogP contribution is -2.43. The average molecular weight is 356 g/mol. The highest BCUT2D eigenvalue weighted by Gasteiger charge is 2.24. The Kier molecular flexibility index (Phi) is 5.93. The van der Waals surface area contributed by atoms with Crippen LogP contribution in [-0.2, 0) is 14.8 Å². The number of nitrogens with zero attached hydrogens (tertiary/aromatic N) is 1. The Morgan fingerprint density at radius 2 is 1.83 bits per heavy atom. The number of methoxy groups -OCH3 is 2. The van der Waals surface area contributed by atoms with Crippen molar-refractivity contribution in [2.45, 2.75) is 31.7 Å². The molecule has 1 fully saturated rings. The minimum atomic E-state index is -3.62. The van der Waals surface area contributed by atoms with Gasteiger partial charge in [0, 0.05) is 12.1 Å². The van der Waals surface area contributed by atoms with Gasteiger partial charge < -0.3 is 14.8 Å². The monoisotopic (exact) mass is 356 g/mol. The first-order valence-corrected chi connectivity index (χ1v) is 9.69. The lowest BCUT2D eigenvalue weighted by atomic mass is 10.2. The molecule has 24 heavy (non-hydrogen) atoms. The van der Waals surface area contributed by atoms with Crippen molar-refractivity contribution >= 4 is 21.6 Å². The van der Waals surface area contributed by atoms with Gasteiger partial charge in [-0.05, 0) is 25.0 Å². The summed E-state index contributed by atoms with van der Waals surface area (Å²) in [6.07, 6.45) is 5.15. The summed E-state index contributed by atoms with van der Waals surface area (Å²) in [4.78, 5) is 12.2. The van der Waals surface area contributed by atoms with E-state index in [-0.39, 0.29) is 18.5 Å². The number of nitrogens with one attached hydrogen (secondary N) is 1. The van der Waals surface area contributed by atoms with Crippen molar-refractivity contribution < 1.29 is 22.7 Å². The summed E-state index contributed by atoms with van der Waals surface area (Å²) in [7, 11) is -0.643. The third kappa shape index (κ3) is 4.53. The minimum absolute atomic E-state index is 0.143. The Bertz CT molecular complexity index is 684. The molecule has 0 heterocycles. The zero-order chi connectivity index (χ0) is 17.7.